The maximum atomic E-state index is 13.5. The van der Waals surface area contributed by atoms with Crippen LogP contribution in [0.5, 0.6) is 0 Å². The van der Waals surface area contributed by atoms with Crippen molar-refractivity contribution < 1.29 is 13.9 Å². The van der Waals surface area contributed by atoms with Crippen LogP contribution in [-0.2, 0) is 4.74 Å². The summed E-state index contributed by atoms with van der Waals surface area (Å²) in [5.74, 6) is -0.434. The van der Waals surface area contributed by atoms with E-state index in [1.165, 1.54) is 12.1 Å². The zero-order valence-electron chi connectivity index (χ0n) is 9.57. The van der Waals surface area contributed by atoms with Gasteiger partial charge in [0.15, 0.2) is 5.78 Å². The van der Waals surface area contributed by atoms with E-state index in [2.05, 4.69) is 0 Å². The minimum absolute atomic E-state index is 0.0339. The topological polar surface area (TPSA) is 26.3 Å². The Morgan fingerprint density at radius 1 is 1.18 bits per heavy atom. The van der Waals surface area contributed by atoms with Gasteiger partial charge in [-0.3, -0.25) is 4.79 Å². The van der Waals surface area contributed by atoms with Gasteiger partial charge in [-0.05, 0) is 24.4 Å². The van der Waals surface area contributed by atoms with E-state index in [9.17, 15) is 9.18 Å². The highest BCUT2D eigenvalue weighted by atomic mass is 19.1. The molecule has 0 saturated carbocycles. The molecule has 0 bridgehead atoms. The molecule has 0 spiro atoms. The summed E-state index contributed by atoms with van der Waals surface area (Å²) in [6.07, 6.45) is 0. The van der Waals surface area contributed by atoms with Crippen LogP contribution in [0.4, 0.5) is 4.39 Å². The van der Waals surface area contributed by atoms with Gasteiger partial charge in [0.05, 0.1) is 0 Å². The molecule has 0 unspecified atom stereocenters. The average Bonchev–Trinajstić information content (AvgIpc) is 2.37. The van der Waals surface area contributed by atoms with Crippen LogP contribution >= 0.6 is 0 Å². The summed E-state index contributed by atoms with van der Waals surface area (Å²) < 4.78 is 18.6. The lowest BCUT2D eigenvalue weighted by Crippen LogP contribution is -2.09. The molecule has 0 aliphatic heterocycles. The molecule has 0 aliphatic rings. The molecule has 88 valence electrons. The summed E-state index contributed by atoms with van der Waals surface area (Å²) in [7, 11) is 0. The van der Waals surface area contributed by atoms with Crippen molar-refractivity contribution in [3.8, 4) is 0 Å². The first-order valence-corrected chi connectivity index (χ1v) is 5.52. The number of ether oxygens (including phenoxy) is 1. The van der Waals surface area contributed by atoms with Crippen molar-refractivity contribution >= 4 is 16.6 Å². The van der Waals surface area contributed by atoms with Crippen molar-refractivity contribution in [1.82, 2.24) is 0 Å². The maximum Gasteiger partial charge on any atom is 0.189 e. The van der Waals surface area contributed by atoms with Crippen molar-refractivity contribution in [2.75, 3.05) is 13.2 Å². The molecule has 0 atom stereocenters. The van der Waals surface area contributed by atoms with Crippen molar-refractivity contribution in [1.29, 1.82) is 0 Å². The van der Waals surface area contributed by atoms with Crippen LogP contribution in [0, 0.1) is 5.82 Å². The highest BCUT2D eigenvalue weighted by Gasteiger charge is 2.11. The standard InChI is InChI=1S/C14H13FO2/c1-2-17-9-14(16)12-7-8-13(15)11-6-4-3-5-10(11)12/h3-8H,2,9H2,1H3. The third-order valence-corrected chi connectivity index (χ3v) is 2.61. The molecule has 0 radical (unpaired) electrons. The van der Waals surface area contributed by atoms with Gasteiger partial charge in [0, 0.05) is 17.6 Å². The molecule has 0 aromatic heterocycles. The number of carbonyl (C=O) groups is 1. The molecule has 0 N–H and O–H groups in total. The minimum Gasteiger partial charge on any atom is -0.374 e. The summed E-state index contributed by atoms with van der Waals surface area (Å²) >= 11 is 0. The van der Waals surface area contributed by atoms with Crippen molar-refractivity contribution in [3.63, 3.8) is 0 Å². The van der Waals surface area contributed by atoms with E-state index < -0.39 is 0 Å². The first kappa shape index (κ1) is 11.7. The fourth-order valence-corrected chi connectivity index (χ4v) is 1.78. The lowest BCUT2D eigenvalue weighted by Gasteiger charge is -2.06. The highest BCUT2D eigenvalue weighted by Crippen LogP contribution is 2.22. The molecule has 2 aromatic rings. The Kier molecular flexibility index (Phi) is 3.49. The molecule has 2 rings (SSSR count). The molecule has 0 amide bonds. The van der Waals surface area contributed by atoms with E-state index in [1.807, 2.05) is 6.92 Å². The molecule has 2 nitrogen and oxygen atoms in total. The Morgan fingerprint density at radius 3 is 2.59 bits per heavy atom. The Bertz CT molecular complexity index is 549. The summed E-state index contributed by atoms with van der Waals surface area (Å²) in [6, 6.07) is 9.79. The molecular weight excluding hydrogens is 219 g/mol. The van der Waals surface area contributed by atoms with Gasteiger partial charge in [-0.25, -0.2) is 4.39 Å². The van der Waals surface area contributed by atoms with Gasteiger partial charge < -0.3 is 4.74 Å². The molecule has 0 saturated heterocycles. The number of halogens is 1. The Hall–Kier alpha value is -1.74. The number of fused-ring (bicyclic) bond motifs is 1. The van der Waals surface area contributed by atoms with E-state index in [0.29, 0.717) is 22.9 Å². The molecule has 0 fully saturated rings. The number of hydrogen-bond donors (Lipinski definition) is 0. The monoisotopic (exact) mass is 232 g/mol. The van der Waals surface area contributed by atoms with Gasteiger partial charge in [-0.1, -0.05) is 24.3 Å². The zero-order chi connectivity index (χ0) is 12.3. The quantitative estimate of drug-likeness (QED) is 0.757. The van der Waals surface area contributed by atoms with Crippen molar-refractivity contribution in [2.24, 2.45) is 0 Å². The second-order valence-corrected chi connectivity index (χ2v) is 3.70. The first-order chi connectivity index (χ1) is 8.24. The van der Waals surface area contributed by atoms with E-state index in [4.69, 9.17) is 4.74 Å². The van der Waals surface area contributed by atoms with Crippen LogP contribution < -0.4 is 0 Å². The zero-order valence-corrected chi connectivity index (χ0v) is 9.57. The number of rotatable bonds is 4. The number of ketones is 1. The van der Waals surface area contributed by atoms with Gasteiger partial charge in [0.1, 0.15) is 12.4 Å². The minimum atomic E-state index is -0.312. The van der Waals surface area contributed by atoms with Gasteiger partial charge in [-0.2, -0.15) is 0 Å². The molecular formula is C14H13FO2. The van der Waals surface area contributed by atoms with E-state index in [0.717, 1.165) is 0 Å². The summed E-state index contributed by atoms with van der Waals surface area (Å²) in [4.78, 5) is 11.9. The lowest BCUT2D eigenvalue weighted by molar-refractivity contribution is 0.0785. The maximum absolute atomic E-state index is 13.5. The van der Waals surface area contributed by atoms with Gasteiger partial charge >= 0.3 is 0 Å². The number of Topliss-reactive ketones (excluding diaryl/α,β-unsaturated/α-hetero) is 1. The number of hydrogen-bond acceptors (Lipinski definition) is 2. The van der Waals surface area contributed by atoms with Crippen LogP contribution in [0.2, 0.25) is 0 Å². The van der Waals surface area contributed by atoms with Crippen molar-refractivity contribution in [3.05, 3.63) is 47.8 Å². The molecule has 2 aromatic carbocycles. The number of carbonyl (C=O) groups excluding carboxylic acids is 1. The molecule has 17 heavy (non-hydrogen) atoms. The predicted molar refractivity (Wildman–Crippen MR) is 64.7 cm³/mol. The van der Waals surface area contributed by atoms with Gasteiger partial charge in [0.2, 0.25) is 0 Å². The predicted octanol–water partition coefficient (Wildman–Crippen LogP) is 3.20. The SMILES string of the molecule is CCOCC(=O)c1ccc(F)c2ccccc12. The normalized spacial score (nSPS) is 10.7. The van der Waals surface area contributed by atoms with Crippen molar-refractivity contribution in [2.45, 2.75) is 6.92 Å². The lowest BCUT2D eigenvalue weighted by atomic mass is 10.0. The molecule has 0 heterocycles. The molecule has 3 heteroatoms. The second kappa shape index (κ2) is 5.06. The first-order valence-electron chi connectivity index (χ1n) is 5.52. The summed E-state index contributed by atoms with van der Waals surface area (Å²) in [6.45, 7) is 2.35. The summed E-state index contributed by atoms with van der Waals surface area (Å²) in [5.41, 5.74) is 0.510. The molecule has 0 aliphatic carbocycles. The van der Waals surface area contributed by atoms with Gasteiger partial charge in [-0.15, -0.1) is 0 Å². The van der Waals surface area contributed by atoms with E-state index in [1.54, 1.807) is 24.3 Å². The summed E-state index contributed by atoms with van der Waals surface area (Å²) in [5, 5.41) is 1.10. The van der Waals surface area contributed by atoms with Crippen LogP contribution in [0.3, 0.4) is 0 Å². The fraction of sp³-hybridized carbons (Fsp3) is 0.214. The van der Waals surface area contributed by atoms with E-state index >= 15 is 0 Å². The van der Waals surface area contributed by atoms with Gasteiger partial charge in [0.25, 0.3) is 0 Å². The van der Waals surface area contributed by atoms with Crippen LogP contribution in [-0.4, -0.2) is 19.0 Å². The largest absolute Gasteiger partial charge is 0.374 e. The van der Waals surface area contributed by atoms with Crippen LogP contribution in [0.1, 0.15) is 17.3 Å². The second-order valence-electron chi connectivity index (χ2n) is 3.70. The van der Waals surface area contributed by atoms with Crippen LogP contribution in [0.25, 0.3) is 10.8 Å². The fourth-order valence-electron chi connectivity index (χ4n) is 1.78. The third-order valence-electron chi connectivity index (χ3n) is 2.61. The Balaban J connectivity index is 2.48. The smallest absolute Gasteiger partial charge is 0.189 e. The number of benzene rings is 2. The average molecular weight is 232 g/mol. The Labute approximate surface area is 99.0 Å². The third kappa shape index (κ3) is 2.34. The Morgan fingerprint density at radius 2 is 1.88 bits per heavy atom. The van der Waals surface area contributed by atoms with Crippen LogP contribution in [0.15, 0.2) is 36.4 Å². The van der Waals surface area contributed by atoms with E-state index in [-0.39, 0.29) is 18.2 Å². The highest BCUT2D eigenvalue weighted by molar-refractivity contribution is 6.08.